The number of carbonyl (C=O) groups excluding carboxylic acids is 2. The molecule has 0 unspecified atom stereocenters. The maximum atomic E-state index is 12.9. The minimum absolute atomic E-state index is 0.123. The van der Waals surface area contributed by atoms with Gasteiger partial charge in [-0.1, -0.05) is 0 Å². The van der Waals surface area contributed by atoms with E-state index < -0.39 is 17.7 Å². The van der Waals surface area contributed by atoms with Crippen LogP contribution in [0.15, 0.2) is 24.3 Å². The Balaban J connectivity index is 1.93. The first-order chi connectivity index (χ1) is 11.3. The molecule has 2 N–H and O–H groups in total. The van der Waals surface area contributed by atoms with Crippen molar-refractivity contribution in [2.45, 2.75) is 32.7 Å². The van der Waals surface area contributed by atoms with E-state index in [9.17, 15) is 18.8 Å². The van der Waals surface area contributed by atoms with E-state index in [1.807, 2.05) is 0 Å². The molecule has 1 aliphatic rings. The van der Waals surface area contributed by atoms with E-state index in [-0.39, 0.29) is 30.3 Å². The molecule has 0 radical (unpaired) electrons. The van der Waals surface area contributed by atoms with E-state index in [0.717, 1.165) is 0 Å². The molecule has 1 aromatic carbocycles. The molecule has 1 aromatic rings. The standard InChI is InChI=1S/C17H21FN2O4/c1-10(2)20(16(22)11-7-12(8-11)17(23)24)9-15(21)19-14-5-3-13(18)4-6-14/h3-6,10-12H,7-9H2,1-2H3,(H,19,21)(H,23,24). The van der Waals surface area contributed by atoms with Crippen LogP contribution in [0.1, 0.15) is 26.7 Å². The highest BCUT2D eigenvalue weighted by Gasteiger charge is 2.41. The van der Waals surface area contributed by atoms with Gasteiger partial charge in [0.25, 0.3) is 0 Å². The highest BCUT2D eigenvalue weighted by molar-refractivity contribution is 5.95. The molecule has 2 rings (SSSR count). The lowest BCUT2D eigenvalue weighted by Gasteiger charge is -2.37. The summed E-state index contributed by atoms with van der Waals surface area (Å²) in [5.41, 5.74) is 0.451. The molecule has 0 aromatic heterocycles. The molecule has 1 aliphatic carbocycles. The number of nitrogens with zero attached hydrogens (tertiary/aromatic N) is 1. The van der Waals surface area contributed by atoms with Crippen molar-refractivity contribution in [2.75, 3.05) is 11.9 Å². The zero-order chi connectivity index (χ0) is 17.9. The summed E-state index contributed by atoms with van der Waals surface area (Å²) in [5.74, 6) is -2.67. The largest absolute Gasteiger partial charge is 0.481 e. The number of rotatable bonds is 6. The van der Waals surface area contributed by atoms with Gasteiger partial charge < -0.3 is 15.3 Å². The average molecular weight is 336 g/mol. The van der Waals surface area contributed by atoms with Gasteiger partial charge in [0, 0.05) is 17.6 Å². The molecule has 0 aliphatic heterocycles. The smallest absolute Gasteiger partial charge is 0.306 e. The molecular formula is C17H21FN2O4. The fourth-order valence-electron chi connectivity index (χ4n) is 2.66. The Labute approximate surface area is 139 Å². The molecule has 1 saturated carbocycles. The molecule has 0 atom stereocenters. The number of carboxylic acids is 1. The van der Waals surface area contributed by atoms with Crippen LogP contribution in [0, 0.1) is 17.7 Å². The zero-order valence-electron chi connectivity index (χ0n) is 13.7. The van der Waals surface area contributed by atoms with Crippen molar-refractivity contribution in [3.8, 4) is 0 Å². The van der Waals surface area contributed by atoms with Gasteiger partial charge in [-0.2, -0.15) is 0 Å². The minimum atomic E-state index is -0.885. The van der Waals surface area contributed by atoms with Gasteiger partial charge in [-0.3, -0.25) is 14.4 Å². The second kappa shape index (κ2) is 7.42. The van der Waals surface area contributed by atoms with Gasteiger partial charge in [0.1, 0.15) is 12.4 Å². The van der Waals surface area contributed by atoms with Crippen LogP contribution in [-0.2, 0) is 14.4 Å². The average Bonchev–Trinajstić information content (AvgIpc) is 2.44. The van der Waals surface area contributed by atoms with Crippen LogP contribution in [0.3, 0.4) is 0 Å². The summed E-state index contributed by atoms with van der Waals surface area (Å²) < 4.78 is 12.9. The van der Waals surface area contributed by atoms with Crippen molar-refractivity contribution in [3.05, 3.63) is 30.1 Å². The third kappa shape index (κ3) is 4.31. The van der Waals surface area contributed by atoms with Crippen LogP contribution < -0.4 is 5.32 Å². The number of benzene rings is 1. The number of halogens is 1. The first kappa shape index (κ1) is 17.9. The predicted octanol–water partition coefficient (Wildman–Crippen LogP) is 2.11. The second-order valence-corrected chi connectivity index (χ2v) is 6.32. The second-order valence-electron chi connectivity index (χ2n) is 6.32. The summed E-state index contributed by atoms with van der Waals surface area (Å²) in [5, 5.41) is 11.5. The van der Waals surface area contributed by atoms with Crippen molar-refractivity contribution in [1.82, 2.24) is 4.90 Å². The van der Waals surface area contributed by atoms with Gasteiger partial charge in [-0.25, -0.2) is 4.39 Å². The number of nitrogens with one attached hydrogen (secondary N) is 1. The van der Waals surface area contributed by atoms with Crippen molar-refractivity contribution in [3.63, 3.8) is 0 Å². The summed E-state index contributed by atoms with van der Waals surface area (Å²) in [6.07, 6.45) is 0.633. The van der Waals surface area contributed by atoms with Crippen LogP contribution >= 0.6 is 0 Å². The maximum absolute atomic E-state index is 12.9. The highest BCUT2D eigenvalue weighted by atomic mass is 19.1. The Morgan fingerprint density at radius 3 is 2.29 bits per heavy atom. The first-order valence-electron chi connectivity index (χ1n) is 7.86. The first-order valence-corrected chi connectivity index (χ1v) is 7.86. The van der Waals surface area contributed by atoms with Crippen LogP contribution in [-0.4, -0.2) is 40.4 Å². The normalized spacial score (nSPS) is 19.5. The van der Waals surface area contributed by atoms with Gasteiger partial charge in [0.2, 0.25) is 11.8 Å². The molecule has 0 heterocycles. The molecular weight excluding hydrogens is 315 g/mol. The fraction of sp³-hybridized carbons (Fsp3) is 0.471. The van der Waals surface area contributed by atoms with Crippen molar-refractivity contribution in [2.24, 2.45) is 11.8 Å². The van der Waals surface area contributed by atoms with Crippen molar-refractivity contribution < 1.29 is 23.9 Å². The summed E-state index contributed by atoms with van der Waals surface area (Å²) in [7, 11) is 0. The zero-order valence-corrected chi connectivity index (χ0v) is 13.7. The molecule has 0 spiro atoms. The topological polar surface area (TPSA) is 86.7 Å². The summed E-state index contributed by atoms with van der Waals surface area (Å²) >= 11 is 0. The van der Waals surface area contributed by atoms with E-state index in [1.54, 1.807) is 13.8 Å². The summed E-state index contributed by atoms with van der Waals surface area (Å²) in [6.45, 7) is 3.48. The van der Waals surface area contributed by atoms with E-state index in [4.69, 9.17) is 5.11 Å². The van der Waals surface area contributed by atoms with Crippen molar-refractivity contribution >= 4 is 23.5 Å². The van der Waals surface area contributed by atoms with Gasteiger partial charge in [-0.15, -0.1) is 0 Å². The molecule has 6 nitrogen and oxygen atoms in total. The number of hydrogen-bond donors (Lipinski definition) is 2. The quantitative estimate of drug-likeness (QED) is 0.833. The SMILES string of the molecule is CC(C)N(CC(=O)Nc1ccc(F)cc1)C(=O)C1CC(C(=O)O)C1. The Hall–Kier alpha value is -2.44. The highest BCUT2D eigenvalue weighted by Crippen LogP contribution is 2.35. The van der Waals surface area contributed by atoms with Crippen molar-refractivity contribution in [1.29, 1.82) is 0 Å². The molecule has 24 heavy (non-hydrogen) atoms. The number of amides is 2. The third-order valence-electron chi connectivity index (χ3n) is 4.18. The maximum Gasteiger partial charge on any atom is 0.306 e. The minimum Gasteiger partial charge on any atom is -0.481 e. The lowest BCUT2D eigenvalue weighted by atomic mass is 9.74. The molecule has 0 bridgehead atoms. The summed E-state index contributed by atoms with van der Waals surface area (Å²) in [6, 6.07) is 5.18. The summed E-state index contributed by atoms with van der Waals surface area (Å²) in [4.78, 5) is 36.9. The van der Waals surface area contributed by atoms with Gasteiger partial charge in [0.15, 0.2) is 0 Å². The van der Waals surface area contributed by atoms with Gasteiger partial charge >= 0.3 is 5.97 Å². The number of hydrogen-bond acceptors (Lipinski definition) is 3. The number of aliphatic carboxylic acids is 1. The van der Waals surface area contributed by atoms with Crippen LogP contribution in [0.25, 0.3) is 0 Å². The van der Waals surface area contributed by atoms with E-state index in [0.29, 0.717) is 18.5 Å². The Bertz CT molecular complexity index is 624. The Morgan fingerprint density at radius 1 is 1.21 bits per heavy atom. The predicted molar refractivity (Wildman–Crippen MR) is 85.7 cm³/mol. The fourth-order valence-corrected chi connectivity index (χ4v) is 2.66. The molecule has 2 amide bonds. The number of carbonyl (C=O) groups is 3. The molecule has 1 fully saturated rings. The van der Waals surface area contributed by atoms with Crippen LogP contribution in [0.5, 0.6) is 0 Å². The molecule has 7 heteroatoms. The van der Waals surface area contributed by atoms with Gasteiger partial charge in [-0.05, 0) is 51.0 Å². The lowest BCUT2D eigenvalue weighted by molar-refractivity contribution is -0.153. The van der Waals surface area contributed by atoms with E-state index in [1.165, 1.54) is 29.2 Å². The van der Waals surface area contributed by atoms with Gasteiger partial charge in [0.05, 0.1) is 5.92 Å². The number of anilines is 1. The van der Waals surface area contributed by atoms with Crippen LogP contribution in [0.4, 0.5) is 10.1 Å². The Kier molecular flexibility index (Phi) is 5.54. The number of carboxylic acid groups (broad SMARTS) is 1. The third-order valence-corrected chi connectivity index (χ3v) is 4.18. The van der Waals surface area contributed by atoms with E-state index in [2.05, 4.69) is 5.32 Å². The molecule has 130 valence electrons. The molecule has 0 saturated heterocycles. The monoisotopic (exact) mass is 336 g/mol. The van der Waals surface area contributed by atoms with E-state index >= 15 is 0 Å². The Morgan fingerprint density at radius 2 is 1.79 bits per heavy atom. The lowest BCUT2D eigenvalue weighted by Crippen LogP contribution is -2.49. The van der Waals surface area contributed by atoms with Crippen LogP contribution in [0.2, 0.25) is 0 Å².